The summed E-state index contributed by atoms with van der Waals surface area (Å²) in [4.78, 5) is 25.1. The van der Waals surface area contributed by atoms with Gasteiger partial charge in [0.2, 0.25) is 5.91 Å². The fourth-order valence-electron chi connectivity index (χ4n) is 2.98. The molecule has 0 aliphatic carbocycles. The highest BCUT2D eigenvalue weighted by Crippen LogP contribution is 2.33. The van der Waals surface area contributed by atoms with Gasteiger partial charge in [-0.3, -0.25) is 9.59 Å². The van der Waals surface area contributed by atoms with Crippen LogP contribution in [0, 0.1) is 5.41 Å². The fraction of sp³-hybridized carbons (Fsp3) is 0.733. The molecular weight excluding hydrogens is 288 g/mol. The first-order valence-electron chi connectivity index (χ1n) is 7.63. The number of nitrogens with one attached hydrogen (secondary N) is 1. The van der Waals surface area contributed by atoms with Crippen molar-refractivity contribution in [1.82, 2.24) is 10.1 Å². The fourth-order valence-corrected chi connectivity index (χ4v) is 2.98. The summed E-state index contributed by atoms with van der Waals surface area (Å²) in [5.41, 5.74) is -0.552. The number of aliphatic hydroxyl groups is 1. The lowest BCUT2D eigenvalue weighted by molar-refractivity contribution is -0.136. The first-order valence-corrected chi connectivity index (χ1v) is 7.63. The highest BCUT2D eigenvalue weighted by atomic mass is 16.5. The van der Waals surface area contributed by atoms with E-state index >= 15 is 0 Å². The average Bonchev–Trinajstić information content (AvgIpc) is 2.96. The first-order chi connectivity index (χ1) is 10.6. The summed E-state index contributed by atoms with van der Waals surface area (Å²) in [6.07, 6.45) is 3.24. The van der Waals surface area contributed by atoms with E-state index in [-0.39, 0.29) is 23.5 Å². The topological polar surface area (TPSA) is 95.8 Å². The van der Waals surface area contributed by atoms with Gasteiger partial charge < -0.3 is 19.3 Å². The lowest BCUT2D eigenvalue weighted by Crippen LogP contribution is -2.48. The van der Waals surface area contributed by atoms with E-state index in [9.17, 15) is 14.7 Å². The molecular formula is C15H24N2O5. The number of piperidine rings is 1. The second kappa shape index (κ2) is 7.60. The molecule has 1 aromatic heterocycles. The molecule has 1 unspecified atom stereocenters. The first kappa shape index (κ1) is 16.8. The SMILES string of the molecule is COCCC1(CO)CCCN(C(=O)CCc2cc(=O)[nH]o2)C1. The number of methoxy groups -OCH3 is 1. The number of aliphatic hydroxyl groups excluding tert-OH is 1. The van der Waals surface area contributed by atoms with Crippen molar-refractivity contribution in [3.63, 3.8) is 0 Å². The Bertz CT molecular complexity index is 538. The van der Waals surface area contributed by atoms with E-state index in [1.54, 1.807) is 12.0 Å². The van der Waals surface area contributed by atoms with E-state index in [1.807, 2.05) is 0 Å². The Labute approximate surface area is 129 Å². The van der Waals surface area contributed by atoms with Gasteiger partial charge in [-0.15, -0.1) is 0 Å². The smallest absolute Gasteiger partial charge is 0.280 e. The van der Waals surface area contributed by atoms with Crippen LogP contribution in [0.2, 0.25) is 0 Å². The van der Waals surface area contributed by atoms with Crippen molar-refractivity contribution in [3.05, 3.63) is 22.2 Å². The zero-order valence-corrected chi connectivity index (χ0v) is 13.0. The Balaban J connectivity index is 1.90. The molecule has 1 amide bonds. The Hall–Kier alpha value is -1.60. The van der Waals surface area contributed by atoms with Crippen molar-refractivity contribution < 1.29 is 19.2 Å². The minimum absolute atomic E-state index is 0.0267. The summed E-state index contributed by atoms with van der Waals surface area (Å²) < 4.78 is 10.1. The third-order valence-electron chi connectivity index (χ3n) is 4.35. The Kier molecular flexibility index (Phi) is 5.79. The molecule has 0 aromatic carbocycles. The van der Waals surface area contributed by atoms with Gasteiger partial charge in [-0.25, -0.2) is 0 Å². The number of nitrogens with zero attached hydrogens (tertiary/aromatic N) is 1. The van der Waals surface area contributed by atoms with E-state index < -0.39 is 0 Å². The number of hydrogen-bond donors (Lipinski definition) is 2. The molecule has 0 bridgehead atoms. The van der Waals surface area contributed by atoms with Gasteiger partial charge in [0, 0.05) is 51.1 Å². The standard InChI is InChI=1S/C15H24N2O5/c1-21-8-6-15(11-18)5-2-7-17(10-15)14(20)4-3-12-9-13(19)16-22-12/h9,18H,2-8,10-11H2,1H3,(H,16,19). The van der Waals surface area contributed by atoms with Gasteiger partial charge >= 0.3 is 0 Å². The zero-order chi connectivity index (χ0) is 16.0. The van der Waals surface area contributed by atoms with Gasteiger partial charge in [-0.1, -0.05) is 0 Å². The molecule has 0 radical (unpaired) electrons. The molecule has 1 atom stereocenters. The molecule has 22 heavy (non-hydrogen) atoms. The van der Waals surface area contributed by atoms with Crippen LogP contribution < -0.4 is 5.56 Å². The van der Waals surface area contributed by atoms with Gasteiger partial charge in [0.05, 0.1) is 6.61 Å². The van der Waals surface area contributed by atoms with Gasteiger partial charge in [-0.2, -0.15) is 5.16 Å². The van der Waals surface area contributed by atoms with Gasteiger partial charge in [-0.05, 0) is 19.3 Å². The highest BCUT2D eigenvalue weighted by Gasteiger charge is 2.36. The zero-order valence-electron chi connectivity index (χ0n) is 13.0. The number of carbonyl (C=O) groups is 1. The van der Waals surface area contributed by atoms with E-state index in [4.69, 9.17) is 9.26 Å². The average molecular weight is 312 g/mol. The van der Waals surface area contributed by atoms with Crippen LogP contribution in [0.5, 0.6) is 0 Å². The monoisotopic (exact) mass is 312 g/mol. The number of amides is 1. The second-order valence-electron chi connectivity index (χ2n) is 6.00. The van der Waals surface area contributed by atoms with Crippen LogP contribution in [0.15, 0.2) is 15.4 Å². The van der Waals surface area contributed by atoms with Gasteiger partial charge in [0.25, 0.3) is 5.56 Å². The molecule has 1 saturated heterocycles. The van der Waals surface area contributed by atoms with E-state index in [2.05, 4.69) is 5.16 Å². The third kappa shape index (κ3) is 4.20. The van der Waals surface area contributed by atoms with Crippen molar-refractivity contribution >= 4 is 5.91 Å². The molecule has 0 spiro atoms. The number of H-pyrrole nitrogens is 1. The highest BCUT2D eigenvalue weighted by molar-refractivity contribution is 5.76. The molecule has 2 heterocycles. The van der Waals surface area contributed by atoms with Gasteiger partial charge in [0.1, 0.15) is 5.76 Å². The molecule has 2 N–H and O–H groups in total. The van der Waals surface area contributed by atoms with Crippen LogP contribution in [0.3, 0.4) is 0 Å². The molecule has 1 aliphatic rings. The molecule has 1 fully saturated rings. The molecule has 124 valence electrons. The lowest BCUT2D eigenvalue weighted by atomic mass is 9.78. The van der Waals surface area contributed by atoms with Crippen LogP contribution >= 0.6 is 0 Å². The predicted molar refractivity (Wildman–Crippen MR) is 79.5 cm³/mol. The maximum Gasteiger partial charge on any atom is 0.280 e. The minimum atomic E-state index is -0.292. The van der Waals surface area contributed by atoms with Crippen molar-refractivity contribution in [1.29, 1.82) is 0 Å². The summed E-state index contributed by atoms with van der Waals surface area (Å²) in [6, 6.07) is 1.36. The van der Waals surface area contributed by atoms with Crippen LogP contribution in [0.1, 0.15) is 31.4 Å². The predicted octanol–water partition coefficient (Wildman–Crippen LogP) is 0.538. The number of rotatable bonds is 7. The maximum absolute atomic E-state index is 12.3. The minimum Gasteiger partial charge on any atom is -0.396 e. The third-order valence-corrected chi connectivity index (χ3v) is 4.35. The quantitative estimate of drug-likeness (QED) is 0.766. The molecule has 2 rings (SSSR count). The number of aromatic nitrogens is 1. The van der Waals surface area contributed by atoms with Crippen molar-refractivity contribution in [3.8, 4) is 0 Å². The molecule has 1 aliphatic heterocycles. The summed E-state index contributed by atoms with van der Waals surface area (Å²) in [6.45, 7) is 1.91. The van der Waals surface area contributed by atoms with E-state index in [1.165, 1.54) is 6.07 Å². The van der Waals surface area contributed by atoms with Crippen molar-refractivity contribution in [2.75, 3.05) is 33.4 Å². The Morgan fingerprint density at radius 2 is 2.41 bits per heavy atom. The van der Waals surface area contributed by atoms with Crippen molar-refractivity contribution in [2.45, 2.75) is 32.1 Å². The largest absolute Gasteiger partial charge is 0.396 e. The molecule has 1 aromatic rings. The van der Waals surface area contributed by atoms with Gasteiger partial charge in [0.15, 0.2) is 0 Å². The maximum atomic E-state index is 12.3. The normalized spacial score (nSPS) is 22.0. The number of aromatic amines is 1. The van der Waals surface area contributed by atoms with E-state index in [0.717, 1.165) is 19.3 Å². The number of ether oxygens (including phenoxy) is 1. The number of aryl methyl sites for hydroxylation is 1. The van der Waals surface area contributed by atoms with Crippen molar-refractivity contribution in [2.24, 2.45) is 5.41 Å². The lowest BCUT2D eigenvalue weighted by Gasteiger charge is -2.42. The summed E-state index contributed by atoms with van der Waals surface area (Å²) >= 11 is 0. The second-order valence-corrected chi connectivity index (χ2v) is 6.00. The number of carbonyl (C=O) groups excluding carboxylic acids is 1. The van der Waals surface area contributed by atoms with E-state index in [0.29, 0.717) is 38.3 Å². The van der Waals surface area contributed by atoms with Crippen LogP contribution in [0.25, 0.3) is 0 Å². The number of likely N-dealkylation sites (tertiary alicyclic amines) is 1. The number of hydrogen-bond acceptors (Lipinski definition) is 5. The molecule has 7 nitrogen and oxygen atoms in total. The Morgan fingerprint density at radius 3 is 3.05 bits per heavy atom. The van der Waals surface area contributed by atoms with Crippen LogP contribution in [-0.4, -0.2) is 54.5 Å². The van der Waals surface area contributed by atoms with Crippen LogP contribution in [-0.2, 0) is 16.0 Å². The molecule has 7 heteroatoms. The molecule has 0 saturated carbocycles. The summed E-state index contributed by atoms with van der Waals surface area (Å²) in [5.74, 6) is 0.516. The Morgan fingerprint density at radius 1 is 1.59 bits per heavy atom. The summed E-state index contributed by atoms with van der Waals surface area (Å²) in [7, 11) is 1.64. The summed E-state index contributed by atoms with van der Waals surface area (Å²) in [5, 5.41) is 11.9. The van der Waals surface area contributed by atoms with Crippen LogP contribution in [0.4, 0.5) is 0 Å².